The van der Waals surface area contributed by atoms with Crippen LogP contribution in [0.25, 0.3) is 0 Å². The number of aryl methyl sites for hydroxylation is 1. The Morgan fingerprint density at radius 1 is 1.59 bits per heavy atom. The highest BCUT2D eigenvalue weighted by molar-refractivity contribution is 9.13. The highest BCUT2D eigenvalue weighted by atomic mass is 79.9. The zero-order valence-electron chi connectivity index (χ0n) is 8.91. The van der Waals surface area contributed by atoms with Crippen LogP contribution in [0.3, 0.4) is 0 Å². The van der Waals surface area contributed by atoms with E-state index < -0.39 is 0 Å². The Morgan fingerprint density at radius 2 is 2.35 bits per heavy atom. The summed E-state index contributed by atoms with van der Waals surface area (Å²) in [6.45, 7) is 0.437. The maximum absolute atomic E-state index is 11.8. The second kappa shape index (κ2) is 5.32. The van der Waals surface area contributed by atoms with E-state index in [1.54, 1.807) is 10.7 Å². The average Bonchev–Trinajstić information content (AvgIpc) is 2.83. The minimum absolute atomic E-state index is 0.0907. The van der Waals surface area contributed by atoms with E-state index in [0.29, 0.717) is 11.4 Å². The fourth-order valence-corrected chi connectivity index (χ4v) is 3.23. The lowest BCUT2D eigenvalue weighted by molar-refractivity contribution is 0.0954. The maximum atomic E-state index is 11.8. The molecule has 2 heterocycles. The van der Waals surface area contributed by atoms with Crippen LogP contribution in [0.2, 0.25) is 0 Å². The van der Waals surface area contributed by atoms with Crippen molar-refractivity contribution in [2.24, 2.45) is 7.05 Å². The van der Waals surface area contributed by atoms with Crippen molar-refractivity contribution < 1.29 is 4.79 Å². The molecule has 0 fully saturated rings. The average molecular weight is 379 g/mol. The number of aromatic nitrogens is 2. The van der Waals surface area contributed by atoms with Crippen molar-refractivity contribution in [3.63, 3.8) is 0 Å². The molecule has 2 aromatic heterocycles. The summed E-state index contributed by atoms with van der Waals surface area (Å²) in [6, 6.07) is 3.67. The summed E-state index contributed by atoms with van der Waals surface area (Å²) in [6.07, 6.45) is 1.85. The number of carbonyl (C=O) groups excluding carboxylic acids is 1. The zero-order valence-corrected chi connectivity index (χ0v) is 12.9. The standard InChI is InChI=1S/C10H9Br2N3OS/c1-15-3-2-6(14-15)5-13-10(16)8-4-7(11)9(12)17-8/h2-4H,5H2,1H3,(H,13,16). The first-order chi connectivity index (χ1) is 8.06. The van der Waals surface area contributed by atoms with Crippen molar-refractivity contribution in [3.05, 3.63) is 37.2 Å². The normalized spacial score (nSPS) is 10.5. The van der Waals surface area contributed by atoms with Crippen molar-refractivity contribution in [1.82, 2.24) is 15.1 Å². The van der Waals surface area contributed by atoms with E-state index in [-0.39, 0.29) is 5.91 Å². The molecular weight excluding hydrogens is 370 g/mol. The molecule has 0 aliphatic rings. The zero-order chi connectivity index (χ0) is 12.4. The fourth-order valence-electron chi connectivity index (χ4n) is 1.27. The van der Waals surface area contributed by atoms with Crippen molar-refractivity contribution >= 4 is 49.1 Å². The Kier molecular flexibility index (Phi) is 4.01. The lowest BCUT2D eigenvalue weighted by Crippen LogP contribution is -2.22. The van der Waals surface area contributed by atoms with Gasteiger partial charge in [0.2, 0.25) is 0 Å². The number of amides is 1. The minimum atomic E-state index is -0.0907. The molecule has 0 aromatic carbocycles. The summed E-state index contributed by atoms with van der Waals surface area (Å²) in [7, 11) is 1.85. The molecule has 0 spiro atoms. The molecule has 17 heavy (non-hydrogen) atoms. The molecule has 2 rings (SSSR count). The SMILES string of the molecule is Cn1ccc(CNC(=O)c2cc(Br)c(Br)s2)n1. The van der Waals surface area contributed by atoms with Gasteiger partial charge in [0.1, 0.15) is 0 Å². The van der Waals surface area contributed by atoms with Gasteiger partial charge in [0.15, 0.2) is 0 Å². The van der Waals surface area contributed by atoms with Gasteiger partial charge in [-0.05, 0) is 44.0 Å². The molecule has 0 atom stereocenters. The number of rotatable bonds is 3. The second-order valence-electron chi connectivity index (χ2n) is 3.40. The van der Waals surface area contributed by atoms with Crippen LogP contribution in [0.4, 0.5) is 0 Å². The van der Waals surface area contributed by atoms with E-state index in [0.717, 1.165) is 14.0 Å². The van der Waals surface area contributed by atoms with Gasteiger partial charge in [-0.2, -0.15) is 5.10 Å². The van der Waals surface area contributed by atoms with E-state index in [9.17, 15) is 4.79 Å². The predicted molar refractivity (Wildman–Crippen MR) is 74.1 cm³/mol. The molecule has 2 aromatic rings. The molecular formula is C10H9Br2N3OS. The summed E-state index contributed by atoms with van der Waals surface area (Å²) < 4.78 is 3.52. The van der Waals surface area contributed by atoms with Crippen molar-refractivity contribution in [2.45, 2.75) is 6.54 Å². The number of hydrogen-bond donors (Lipinski definition) is 1. The third-order valence-corrected chi connectivity index (χ3v) is 5.32. The largest absolute Gasteiger partial charge is 0.346 e. The van der Waals surface area contributed by atoms with Gasteiger partial charge in [-0.15, -0.1) is 11.3 Å². The first kappa shape index (κ1) is 12.8. The van der Waals surface area contributed by atoms with Crippen molar-refractivity contribution in [2.75, 3.05) is 0 Å². The molecule has 0 unspecified atom stereocenters. The highest BCUT2D eigenvalue weighted by Gasteiger charge is 2.11. The van der Waals surface area contributed by atoms with Crippen LogP contribution < -0.4 is 5.32 Å². The van der Waals surface area contributed by atoms with Crippen LogP contribution in [0.1, 0.15) is 15.4 Å². The van der Waals surface area contributed by atoms with E-state index in [1.807, 2.05) is 19.3 Å². The van der Waals surface area contributed by atoms with Crippen LogP contribution in [-0.2, 0) is 13.6 Å². The van der Waals surface area contributed by atoms with Crippen LogP contribution in [0.15, 0.2) is 26.6 Å². The Morgan fingerprint density at radius 3 is 2.88 bits per heavy atom. The number of carbonyl (C=O) groups is 1. The van der Waals surface area contributed by atoms with Gasteiger partial charge < -0.3 is 5.32 Å². The summed E-state index contributed by atoms with van der Waals surface area (Å²) in [5.41, 5.74) is 0.843. The molecule has 1 amide bonds. The third kappa shape index (κ3) is 3.17. The predicted octanol–water partition coefficient (Wildman–Crippen LogP) is 2.94. The van der Waals surface area contributed by atoms with Crippen LogP contribution >= 0.6 is 43.2 Å². The molecule has 0 bridgehead atoms. The smallest absolute Gasteiger partial charge is 0.261 e. The number of thiophene rings is 1. The Balaban J connectivity index is 1.98. The Labute approximate surface area is 119 Å². The Hall–Kier alpha value is -0.660. The number of hydrogen-bond acceptors (Lipinski definition) is 3. The number of nitrogens with zero attached hydrogens (tertiary/aromatic N) is 2. The second-order valence-corrected chi connectivity index (χ2v) is 6.62. The molecule has 0 aliphatic carbocycles. The van der Waals surface area contributed by atoms with Gasteiger partial charge in [-0.25, -0.2) is 0 Å². The monoisotopic (exact) mass is 377 g/mol. The number of nitrogens with one attached hydrogen (secondary N) is 1. The molecule has 90 valence electrons. The van der Waals surface area contributed by atoms with Crippen LogP contribution in [-0.4, -0.2) is 15.7 Å². The van der Waals surface area contributed by atoms with Crippen molar-refractivity contribution in [3.8, 4) is 0 Å². The summed E-state index contributed by atoms with van der Waals surface area (Å²) in [5, 5.41) is 7.01. The van der Waals surface area contributed by atoms with Crippen LogP contribution in [0.5, 0.6) is 0 Å². The third-order valence-electron chi connectivity index (χ3n) is 2.07. The van der Waals surface area contributed by atoms with Gasteiger partial charge in [-0.1, -0.05) is 0 Å². The molecule has 1 N–H and O–H groups in total. The molecule has 0 aliphatic heterocycles. The molecule has 4 nitrogen and oxygen atoms in total. The highest BCUT2D eigenvalue weighted by Crippen LogP contribution is 2.32. The first-order valence-electron chi connectivity index (χ1n) is 4.78. The summed E-state index contributed by atoms with van der Waals surface area (Å²) >= 11 is 8.11. The molecule has 0 radical (unpaired) electrons. The van der Waals surface area contributed by atoms with E-state index in [4.69, 9.17) is 0 Å². The fraction of sp³-hybridized carbons (Fsp3) is 0.200. The van der Waals surface area contributed by atoms with Gasteiger partial charge in [0.05, 0.1) is 20.9 Å². The van der Waals surface area contributed by atoms with Gasteiger partial charge in [0.25, 0.3) is 5.91 Å². The van der Waals surface area contributed by atoms with E-state index in [2.05, 4.69) is 42.3 Å². The van der Waals surface area contributed by atoms with Crippen molar-refractivity contribution in [1.29, 1.82) is 0 Å². The van der Waals surface area contributed by atoms with E-state index in [1.165, 1.54) is 11.3 Å². The summed E-state index contributed by atoms with van der Waals surface area (Å²) in [5.74, 6) is -0.0907. The quantitative estimate of drug-likeness (QED) is 0.892. The van der Waals surface area contributed by atoms with E-state index >= 15 is 0 Å². The Bertz CT molecular complexity index is 530. The summed E-state index contributed by atoms with van der Waals surface area (Å²) in [4.78, 5) is 12.5. The van der Waals surface area contributed by atoms with Gasteiger partial charge in [0, 0.05) is 17.7 Å². The first-order valence-corrected chi connectivity index (χ1v) is 7.18. The molecule has 0 saturated heterocycles. The van der Waals surface area contributed by atoms with Gasteiger partial charge in [-0.3, -0.25) is 9.48 Å². The maximum Gasteiger partial charge on any atom is 0.261 e. The van der Waals surface area contributed by atoms with Crippen LogP contribution in [0, 0.1) is 0 Å². The van der Waals surface area contributed by atoms with Gasteiger partial charge >= 0.3 is 0 Å². The topological polar surface area (TPSA) is 46.9 Å². The lowest BCUT2D eigenvalue weighted by atomic mass is 10.4. The minimum Gasteiger partial charge on any atom is -0.346 e. The number of halogens is 2. The lowest BCUT2D eigenvalue weighted by Gasteiger charge is -2.00. The molecule has 7 heteroatoms. The molecule has 0 saturated carbocycles.